The zero-order valence-electron chi connectivity index (χ0n) is 11.4. The van der Waals surface area contributed by atoms with E-state index >= 15 is 0 Å². The van der Waals surface area contributed by atoms with Crippen LogP contribution in [0.3, 0.4) is 0 Å². The minimum atomic E-state index is -0.167. The third kappa shape index (κ3) is 3.30. The quantitative estimate of drug-likeness (QED) is 0.776. The minimum Gasteiger partial charge on any atom is -0.396 e. The molecule has 0 aromatic carbocycles. The molecule has 2 N–H and O–H groups in total. The van der Waals surface area contributed by atoms with Crippen LogP contribution in [-0.2, 0) is 6.54 Å². The van der Waals surface area contributed by atoms with E-state index in [-0.39, 0.29) is 12.2 Å². The summed E-state index contributed by atoms with van der Waals surface area (Å²) in [7, 11) is 0. The maximum absolute atomic E-state index is 12.0. The van der Waals surface area contributed by atoms with Crippen molar-refractivity contribution in [1.29, 1.82) is 0 Å². The second kappa shape index (κ2) is 7.04. The molecule has 1 fully saturated rings. The Kier molecular flexibility index (Phi) is 5.37. The Balaban J connectivity index is 2.05. The predicted molar refractivity (Wildman–Crippen MR) is 82.8 cm³/mol. The molecule has 0 saturated heterocycles. The summed E-state index contributed by atoms with van der Waals surface area (Å²) in [5, 5.41) is 16.7. The average Bonchev–Trinajstić information content (AvgIpc) is 2.91. The molecule has 1 aromatic heterocycles. The summed E-state index contributed by atoms with van der Waals surface area (Å²) in [4.78, 5) is 12.0. The van der Waals surface area contributed by atoms with Gasteiger partial charge >= 0.3 is 0 Å². The van der Waals surface area contributed by atoms with Crippen molar-refractivity contribution in [3.8, 4) is 0 Å². The first kappa shape index (κ1) is 15.3. The summed E-state index contributed by atoms with van der Waals surface area (Å²) in [5.74, 6) is 0.831. The highest BCUT2D eigenvalue weighted by Gasteiger charge is 2.26. The third-order valence-corrected chi connectivity index (χ3v) is 4.66. The monoisotopic (exact) mass is 341 g/mol. The van der Waals surface area contributed by atoms with Crippen LogP contribution in [0.4, 0.5) is 5.69 Å². The Morgan fingerprint density at radius 3 is 3.00 bits per heavy atom. The second-order valence-electron chi connectivity index (χ2n) is 5.16. The minimum absolute atomic E-state index is 0.167. The molecular formula is C14H20BrN3O2. The van der Waals surface area contributed by atoms with E-state index in [0.29, 0.717) is 28.5 Å². The van der Waals surface area contributed by atoms with Crippen molar-refractivity contribution in [2.45, 2.75) is 25.8 Å². The lowest BCUT2D eigenvalue weighted by Gasteiger charge is -2.19. The zero-order chi connectivity index (χ0) is 14.5. The molecule has 2 unspecified atom stereocenters. The number of anilines is 1. The van der Waals surface area contributed by atoms with Gasteiger partial charge in [-0.2, -0.15) is 5.10 Å². The fourth-order valence-electron chi connectivity index (χ4n) is 2.70. The van der Waals surface area contributed by atoms with Crippen molar-refractivity contribution in [1.82, 2.24) is 9.78 Å². The van der Waals surface area contributed by atoms with Crippen molar-refractivity contribution >= 4 is 21.6 Å². The van der Waals surface area contributed by atoms with E-state index in [4.69, 9.17) is 0 Å². The number of hydrogen-bond acceptors (Lipinski definition) is 4. The van der Waals surface area contributed by atoms with Crippen molar-refractivity contribution in [2.24, 2.45) is 11.8 Å². The molecule has 0 amide bonds. The van der Waals surface area contributed by atoms with Gasteiger partial charge in [0.05, 0.1) is 18.4 Å². The first-order valence-corrected chi connectivity index (χ1v) is 7.68. The molecule has 2 rings (SSSR count). The van der Waals surface area contributed by atoms with Crippen molar-refractivity contribution in [3.63, 3.8) is 0 Å². The van der Waals surface area contributed by atoms with Gasteiger partial charge in [-0.05, 0) is 40.6 Å². The number of hydrogen-bond donors (Lipinski definition) is 2. The number of halogens is 1. The van der Waals surface area contributed by atoms with Crippen molar-refractivity contribution < 1.29 is 5.11 Å². The van der Waals surface area contributed by atoms with E-state index in [2.05, 4.69) is 32.9 Å². The van der Waals surface area contributed by atoms with Crippen molar-refractivity contribution in [3.05, 3.63) is 33.7 Å². The van der Waals surface area contributed by atoms with Gasteiger partial charge in [0.25, 0.3) is 5.56 Å². The lowest BCUT2D eigenvalue weighted by molar-refractivity contribution is 0.199. The fourth-order valence-corrected chi connectivity index (χ4v) is 3.15. The predicted octanol–water partition coefficient (Wildman–Crippen LogP) is 2.01. The van der Waals surface area contributed by atoms with Crippen LogP contribution < -0.4 is 10.9 Å². The SMILES string of the molecule is C=CCn1ncc(NCC2CCCC2CO)c(Br)c1=O. The van der Waals surface area contributed by atoms with Gasteiger partial charge in [-0.3, -0.25) is 4.79 Å². The van der Waals surface area contributed by atoms with Crippen LogP contribution in [0.1, 0.15) is 19.3 Å². The molecule has 20 heavy (non-hydrogen) atoms. The Bertz CT molecular complexity index is 530. The number of aliphatic hydroxyl groups is 1. The fraction of sp³-hybridized carbons (Fsp3) is 0.571. The van der Waals surface area contributed by atoms with Crippen LogP contribution in [0.2, 0.25) is 0 Å². The summed E-state index contributed by atoms with van der Waals surface area (Å²) >= 11 is 3.32. The number of allylic oxidation sites excluding steroid dienone is 1. The molecule has 2 atom stereocenters. The summed E-state index contributed by atoms with van der Waals surface area (Å²) in [6, 6.07) is 0. The normalized spacial score (nSPS) is 21.9. The highest BCUT2D eigenvalue weighted by Crippen LogP contribution is 2.31. The van der Waals surface area contributed by atoms with Crippen LogP contribution in [-0.4, -0.2) is 28.0 Å². The Morgan fingerprint density at radius 2 is 2.30 bits per heavy atom. The number of aromatic nitrogens is 2. The average molecular weight is 342 g/mol. The Labute approximate surface area is 126 Å². The van der Waals surface area contributed by atoms with Gasteiger partial charge in [-0.15, -0.1) is 6.58 Å². The molecule has 0 spiro atoms. The molecule has 110 valence electrons. The van der Waals surface area contributed by atoms with Crippen LogP contribution in [0.5, 0.6) is 0 Å². The van der Waals surface area contributed by atoms with E-state index in [1.807, 2.05) is 0 Å². The number of nitrogens with zero attached hydrogens (tertiary/aromatic N) is 2. The Morgan fingerprint density at radius 1 is 1.55 bits per heavy atom. The molecule has 6 heteroatoms. The van der Waals surface area contributed by atoms with Gasteiger partial charge in [-0.25, -0.2) is 4.68 Å². The van der Waals surface area contributed by atoms with Crippen LogP contribution in [0.25, 0.3) is 0 Å². The summed E-state index contributed by atoms with van der Waals surface area (Å²) in [6.07, 6.45) is 6.66. The largest absolute Gasteiger partial charge is 0.396 e. The molecule has 0 bridgehead atoms. The molecule has 1 heterocycles. The van der Waals surface area contributed by atoms with Gasteiger partial charge < -0.3 is 10.4 Å². The smallest absolute Gasteiger partial charge is 0.283 e. The molecular weight excluding hydrogens is 322 g/mol. The van der Waals surface area contributed by atoms with E-state index in [1.54, 1.807) is 12.3 Å². The van der Waals surface area contributed by atoms with Gasteiger partial charge in [0, 0.05) is 13.2 Å². The van der Waals surface area contributed by atoms with Gasteiger partial charge in [0.1, 0.15) is 4.47 Å². The van der Waals surface area contributed by atoms with Crippen LogP contribution in [0, 0.1) is 11.8 Å². The van der Waals surface area contributed by atoms with E-state index < -0.39 is 0 Å². The summed E-state index contributed by atoms with van der Waals surface area (Å²) in [5.41, 5.74) is 0.541. The highest BCUT2D eigenvalue weighted by atomic mass is 79.9. The zero-order valence-corrected chi connectivity index (χ0v) is 13.0. The molecule has 5 nitrogen and oxygen atoms in total. The molecule has 0 radical (unpaired) electrons. The highest BCUT2D eigenvalue weighted by molar-refractivity contribution is 9.10. The third-order valence-electron chi connectivity index (χ3n) is 3.89. The molecule has 1 saturated carbocycles. The standard InChI is InChI=1S/C14H20BrN3O2/c1-2-6-18-14(20)13(15)12(8-17-18)16-7-10-4-3-5-11(10)9-19/h2,8,10-11,16,19H,1,3-7,9H2. The summed E-state index contributed by atoms with van der Waals surface area (Å²) in [6.45, 7) is 5.00. The maximum atomic E-state index is 12.0. The van der Waals surface area contributed by atoms with E-state index in [9.17, 15) is 9.90 Å². The second-order valence-corrected chi connectivity index (χ2v) is 5.96. The maximum Gasteiger partial charge on any atom is 0.283 e. The molecule has 1 aliphatic rings. The number of nitrogens with one attached hydrogen (secondary N) is 1. The van der Waals surface area contributed by atoms with E-state index in [1.165, 1.54) is 4.68 Å². The lowest BCUT2D eigenvalue weighted by Crippen LogP contribution is -2.26. The lowest BCUT2D eigenvalue weighted by atomic mass is 9.97. The number of aliphatic hydroxyl groups excluding tert-OH is 1. The van der Waals surface area contributed by atoms with E-state index in [0.717, 1.165) is 25.8 Å². The first-order chi connectivity index (χ1) is 9.67. The molecule has 1 aromatic rings. The number of rotatable bonds is 6. The van der Waals surface area contributed by atoms with Crippen LogP contribution in [0.15, 0.2) is 28.1 Å². The van der Waals surface area contributed by atoms with Crippen LogP contribution >= 0.6 is 15.9 Å². The van der Waals surface area contributed by atoms with Gasteiger partial charge in [-0.1, -0.05) is 12.5 Å². The topological polar surface area (TPSA) is 67.2 Å². The van der Waals surface area contributed by atoms with Crippen molar-refractivity contribution in [2.75, 3.05) is 18.5 Å². The molecule has 0 aliphatic heterocycles. The summed E-state index contributed by atoms with van der Waals surface area (Å²) < 4.78 is 1.85. The molecule has 1 aliphatic carbocycles. The first-order valence-electron chi connectivity index (χ1n) is 6.88. The Hall–Kier alpha value is -1.14. The van der Waals surface area contributed by atoms with Gasteiger partial charge in [0.15, 0.2) is 0 Å². The van der Waals surface area contributed by atoms with Gasteiger partial charge in [0.2, 0.25) is 0 Å².